The molecule has 1 heterocycles. The quantitative estimate of drug-likeness (QED) is 0.543. The summed E-state index contributed by atoms with van der Waals surface area (Å²) in [6.07, 6.45) is 3.62. The number of hydrogen-bond donors (Lipinski definition) is 1. The summed E-state index contributed by atoms with van der Waals surface area (Å²) in [6, 6.07) is 3.36. The molecular weight excluding hydrogens is 196 g/mol. The van der Waals surface area contributed by atoms with Crippen molar-refractivity contribution in [3.05, 3.63) is 30.1 Å². The number of rotatable bonds is 4. The van der Waals surface area contributed by atoms with Gasteiger partial charge in [0, 0.05) is 6.07 Å². The Balaban J connectivity index is 2.74. The molecule has 0 saturated carbocycles. The first-order valence-electron chi connectivity index (χ1n) is 4.49. The summed E-state index contributed by atoms with van der Waals surface area (Å²) >= 11 is 0. The molecule has 0 atom stereocenters. The molecule has 0 aliphatic carbocycles. The molecule has 0 unspecified atom stereocenters. The molecule has 0 radical (unpaired) electrons. The summed E-state index contributed by atoms with van der Waals surface area (Å²) in [4.78, 5) is 21.7. The lowest BCUT2D eigenvalue weighted by Gasteiger charge is -1.98. The number of primary amides is 1. The maximum atomic E-state index is 11.2. The normalized spacial score (nSPS) is 9.67. The van der Waals surface area contributed by atoms with Crippen LogP contribution in [-0.2, 0) is 16.1 Å². The van der Waals surface area contributed by atoms with Crippen LogP contribution in [0.3, 0.4) is 0 Å². The Labute approximate surface area is 87.5 Å². The van der Waals surface area contributed by atoms with Crippen LogP contribution in [0, 0.1) is 0 Å². The van der Waals surface area contributed by atoms with Crippen LogP contribution in [0.15, 0.2) is 24.5 Å². The van der Waals surface area contributed by atoms with E-state index in [0.717, 1.165) is 0 Å². The molecule has 15 heavy (non-hydrogen) atoms. The van der Waals surface area contributed by atoms with Crippen molar-refractivity contribution in [2.24, 2.45) is 5.73 Å². The van der Waals surface area contributed by atoms with Crippen LogP contribution >= 0.6 is 0 Å². The minimum atomic E-state index is -0.400. The van der Waals surface area contributed by atoms with E-state index in [0.29, 0.717) is 12.1 Å². The molecule has 1 aromatic rings. The van der Waals surface area contributed by atoms with Gasteiger partial charge in [-0.05, 0) is 6.07 Å². The van der Waals surface area contributed by atoms with Gasteiger partial charge in [0.15, 0.2) is 18.9 Å². The van der Waals surface area contributed by atoms with Gasteiger partial charge in [-0.1, -0.05) is 0 Å². The van der Waals surface area contributed by atoms with Crippen molar-refractivity contribution < 1.29 is 18.9 Å². The minimum Gasteiger partial charge on any atom is -0.465 e. The van der Waals surface area contributed by atoms with Gasteiger partial charge < -0.3 is 10.5 Å². The standard InChI is InChI=1S/C10H12N2O3/c1-15-10(14)8-3-2-5-12(7-8)6-4-9(11)13/h2-3,5,7H,4,6H2,1H3,(H-,11,13)/p+1. The number of amides is 1. The van der Waals surface area contributed by atoms with E-state index in [-0.39, 0.29) is 12.3 Å². The lowest BCUT2D eigenvalue weighted by molar-refractivity contribution is -0.695. The number of nitrogens with zero attached hydrogens (tertiary/aromatic N) is 1. The number of nitrogens with two attached hydrogens (primary N) is 1. The Hall–Kier alpha value is -1.91. The Morgan fingerprint density at radius 3 is 2.87 bits per heavy atom. The maximum Gasteiger partial charge on any atom is 0.343 e. The number of esters is 1. The van der Waals surface area contributed by atoms with Crippen molar-refractivity contribution in [1.29, 1.82) is 0 Å². The van der Waals surface area contributed by atoms with Gasteiger partial charge in [-0.15, -0.1) is 0 Å². The van der Waals surface area contributed by atoms with Crippen molar-refractivity contribution >= 4 is 11.9 Å². The SMILES string of the molecule is COC(=O)c1ccc[n+](CCC(N)=O)c1. The van der Waals surface area contributed by atoms with Crippen molar-refractivity contribution in [2.45, 2.75) is 13.0 Å². The van der Waals surface area contributed by atoms with Crippen LogP contribution in [0.25, 0.3) is 0 Å². The number of carbonyl (C=O) groups is 2. The zero-order valence-electron chi connectivity index (χ0n) is 8.47. The molecule has 0 bridgehead atoms. The van der Waals surface area contributed by atoms with E-state index in [1.54, 1.807) is 29.1 Å². The highest BCUT2D eigenvalue weighted by Crippen LogP contribution is 1.96. The number of methoxy groups -OCH3 is 1. The monoisotopic (exact) mass is 209 g/mol. The third kappa shape index (κ3) is 3.38. The molecule has 0 fully saturated rings. The van der Waals surface area contributed by atoms with Gasteiger partial charge in [-0.2, -0.15) is 0 Å². The fraction of sp³-hybridized carbons (Fsp3) is 0.300. The van der Waals surface area contributed by atoms with E-state index >= 15 is 0 Å². The highest BCUT2D eigenvalue weighted by molar-refractivity contribution is 5.88. The first kappa shape index (κ1) is 11.2. The van der Waals surface area contributed by atoms with Crippen molar-refractivity contribution in [3.8, 4) is 0 Å². The highest BCUT2D eigenvalue weighted by Gasteiger charge is 2.10. The first-order chi connectivity index (χ1) is 7.13. The fourth-order valence-electron chi connectivity index (χ4n) is 1.14. The Bertz CT molecular complexity index is 377. The number of carbonyl (C=O) groups excluding carboxylic acids is 2. The van der Waals surface area contributed by atoms with Crippen LogP contribution in [0.4, 0.5) is 0 Å². The fourth-order valence-corrected chi connectivity index (χ4v) is 1.14. The number of hydrogen-bond acceptors (Lipinski definition) is 3. The van der Waals surface area contributed by atoms with Gasteiger partial charge >= 0.3 is 5.97 Å². The Morgan fingerprint density at radius 1 is 1.53 bits per heavy atom. The van der Waals surface area contributed by atoms with Crippen molar-refractivity contribution in [3.63, 3.8) is 0 Å². The molecule has 0 saturated heterocycles. The van der Waals surface area contributed by atoms with E-state index in [9.17, 15) is 9.59 Å². The van der Waals surface area contributed by atoms with E-state index < -0.39 is 5.97 Å². The van der Waals surface area contributed by atoms with Crippen LogP contribution in [-0.4, -0.2) is 19.0 Å². The zero-order chi connectivity index (χ0) is 11.3. The molecule has 1 amide bonds. The minimum absolute atomic E-state index is 0.245. The molecule has 1 aromatic heterocycles. The summed E-state index contributed by atoms with van der Waals surface area (Å²) in [7, 11) is 1.32. The second-order valence-corrected chi connectivity index (χ2v) is 3.04. The molecule has 0 aromatic carbocycles. The van der Waals surface area contributed by atoms with E-state index in [1.807, 2.05) is 0 Å². The summed E-state index contributed by atoms with van der Waals surface area (Å²) < 4.78 is 6.29. The molecule has 80 valence electrons. The van der Waals surface area contributed by atoms with E-state index in [2.05, 4.69) is 4.74 Å². The molecule has 0 aliphatic rings. The van der Waals surface area contributed by atoms with E-state index in [1.165, 1.54) is 7.11 Å². The van der Waals surface area contributed by atoms with Gasteiger partial charge in [-0.3, -0.25) is 4.79 Å². The molecule has 2 N–H and O–H groups in total. The van der Waals surface area contributed by atoms with Crippen molar-refractivity contribution in [1.82, 2.24) is 0 Å². The molecular formula is C10H13N2O3+. The number of ether oxygens (including phenoxy) is 1. The molecule has 5 heteroatoms. The van der Waals surface area contributed by atoms with Crippen LogP contribution in [0.2, 0.25) is 0 Å². The van der Waals surface area contributed by atoms with Gasteiger partial charge in [0.2, 0.25) is 5.91 Å². The predicted molar refractivity (Wildman–Crippen MR) is 51.8 cm³/mol. The lowest BCUT2D eigenvalue weighted by Crippen LogP contribution is -2.36. The van der Waals surface area contributed by atoms with Crippen LogP contribution in [0.5, 0.6) is 0 Å². The molecule has 1 rings (SSSR count). The second-order valence-electron chi connectivity index (χ2n) is 3.04. The lowest BCUT2D eigenvalue weighted by atomic mass is 10.3. The average molecular weight is 209 g/mol. The van der Waals surface area contributed by atoms with Gasteiger partial charge in [0.1, 0.15) is 5.56 Å². The van der Waals surface area contributed by atoms with Crippen LogP contribution in [0.1, 0.15) is 16.8 Å². The zero-order valence-corrected chi connectivity index (χ0v) is 8.47. The molecule has 0 aliphatic heterocycles. The Kier molecular flexibility index (Phi) is 3.79. The summed E-state index contributed by atoms with van der Waals surface area (Å²) in [6.45, 7) is 0.458. The van der Waals surface area contributed by atoms with Gasteiger partial charge in [0.05, 0.1) is 13.5 Å². The number of aryl methyl sites for hydroxylation is 1. The van der Waals surface area contributed by atoms with E-state index in [4.69, 9.17) is 5.73 Å². The van der Waals surface area contributed by atoms with Crippen LogP contribution < -0.4 is 10.3 Å². The smallest absolute Gasteiger partial charge is 0.343 e. The largest absolute Gasteiger partial charge is 0.465 e. The predicted octanol–water partition coefficient (Wildman–Crippen LogP) is -0.364. The second kappa shape index (κ2) is 5.09. The maximum absolute atomic E-state index is 11.2. The summed E-state index contributed by atoms with van der Waals surface area (Å²) in [5, 5.41) is 0. The first-order valence-corrected chi connectivity index (χ1v) is 4.49. The molecule has 5 nitrogen and oxygen atoms in total. The highest BCUT2D eigenvalue weighted by atomic mass is 16.5. The molecule has 0 spiro atoms. The summed E-state index contributed by atoms with van der Waals surface area (Å²) in [5.74, 6) is -0.769. The topological polar surface area (TPSA) is 73.3 Å². The Morgan fingerprint density at radius 2 is 2.27 bits per heavy atom. The number of pyridine rings is 1. The van der Waals surface area contributed by atoms with Crippen molar-refractivity contribution in [2.75, 3.05) is 7.11 Å². The third-order valence-corrected chi connectivity index (χ3v) is 1.90. The van der Waals surface area contributed by atoms with Gasteiger partial charge in [0.25, 0.3) is 0 Å². The number of aromatic nitrogens is 1. The average Bonchev–Trinajstić information content (AvgIpc) is 2.25. The summed E-state index contributed by atoms with van der Waals surface area (Å²) in [5.41, 5.74) is 5.47. The van der Waals surface area contributed by atoms with Gasteiger partial charge in [-0.25, -0.2) is 9.36 Å². The third-order valence-electron chi connectivity index (χ3n) is 1.90.